The molecule has 0 spiro atoms. The van der Waals surface area contributed by atoms with Gasteiger partial charge in [0.1, 0.15) is 11.6 Å². The molecule has 1 aliphatic rings. The minimum Gasteiger partial charge on any atom is -0.396 e. The van der Waals surface area contributed by atoms with Crippen molar-refractivity contribution in [1.29, 1.82) is 0 Å². The zero-order chi connectivity index (χ0) is 21.7. The molecule has 0 radical (unpaired) electrons. The van der Waals surface area contributed by atoms with E-state index in [0.29, 0.717) is 12.4 Å². The zero-order valence-electron chi connectivity index (χ0n) is 18.3. The number of aromatic amines is 1. The van der Waals surface area contributed by atoms with E-state index in [1.807, 2.05) is 50.4 Å². The van der Waals surface area contributed by atoms with Gasteiger partial charge in [-0.05, 0) is 30.5 Å². The minimum absolute atomic E-state index is 0.140. The van der Waals surface area contributed by atoms with Gasteiger partial charge in [-0.3, -0.25) is 5.10 Å². The maximum Gasteiger partial charge on any atom is 0.182 e. The number of ether oxygens (including phenoxy) is 1. The fraction of sp³-hybridized carbons (Fsp3) is 0.458. The molecule has 4 rings (SSSR count). The van der Waals surface area contributed by atoms with Crippen molar-refractivity contribution in [2.75, 3.05) is 31.2 Å². The summed E-state index contributed by atoms with van der Waals surface area (Å²) in [7, 11) is 0. The number of aromatic nitrogens is 4. The van der Waals surface area contributed by atoms with Crippen LogP contribution in [0.2, 0.25) is 0 Å². The van der Waals surface area contributed by atoms with Crippen molar-refractivity contribution in [2.45, 2.75) is 39.2 Å². The molecule has 31 heavy (non-hydrogen) atoms. The highest BCUT2D eigenvalue weighted by molar-refractivity contribution is 5.56. The number of rotatable bonds is 8. The molecule has 0 aliphatic carbocycles. The molecule has 1 saturated heterocycles. The topological polar surface area (TPSA) is 87.2 Å². The van der Waals surface area contributed by atoms with Crippen molar-refractivity contribution in [3.8, 4) is 11.4 Å². The molecular weight excluding hydrogens is 390 g/mol. The SMILES string of the molecule is CC(C)(CO)COC1CCN(c2ccc(-c3n[nH]c(Cc4ccccc4)n3)cn2)CC1. The Morgan fingerprint density at radius 1 is 1.13 bits per heavy atom. The lowest BCUT2D eigenvalue weighted by Crippen LogP contribution is -2.39. The fourth-order valence-corrected chi connectivity index (χ4v) is 3.64. The predicted octanol–water partition coefficient (Wildman–Crippen LogP) is 3.46. The van der Waals surface area contributed by atoms with Crippen LogP contribution in [0, 0.1) is 5.41 Å². The third kappa shape index (κ3) is 5.68. The van der Waals surface area contributed by atoms with Gasteiger partial charge < -0.3 is 14.7 Å². The van der Waals surface area contributed by atoms with E-state index in [2.05, 4.69) is 37.2 Å². The van der Waals surface area contributed by atoms with Crippen molar-refractivity contribution < 1.29 is 9.84 Å². The number of H-pyrrole nitrogens is 1. The molecule has 164 valence electrons. The van der Waals surface area contributed by atoms with Crippen LogP contribution in [0.4, 0.5) is 5.82 Å². The van der Waals surface area contributed by atoms with Gasteiger partial charge in [-0.1, -0.05) is 44.2 Å². The number of piperidine rings is 1. The van der Waals surface area contributed by atoms with Crippen LogP contribution in [0.3, 0.4) is 0 Å². The molecular formula is C24H31N5O2. The molecule has 1 aromatic carbocycles. The zero-order valence-corrected chi connectivity index (χ0v) is 18.3. The number of nitrogens with zero attached hydrogens (tertiary/aromatic N) is 4. The highest BCUT2D eigenvalue weighted by Gasteiger charge is 2.24. The van der Waals surface area contributed by atoms with Crippen LogP contribution in [-0.4, -0.2) is 57.7 Å². The van der Waals surface area contributed by atoms with Gasteiger partial charge in [0.25, 0.3) is 0 Å². The first-order valence-corrected chi connectivity index (χ1v) is 10.9. The average molecular weight is 422 g/mol. The highest BCUT2D eigenvalue weighted by atomic mass is 16.5. The lowest BCUT2D eigenvalue weighted by atomic mass is 9.96. The van der Waals surface area contributed by atoms with E-state index in [-0.39, 0.29) is 18.1 Å². The fourth-order valence-electron chi connectivity index (χ4n) is 3.64. The maximum atomic E-state index is 9.38. The summed E-state index contributed by atoms with van der Waals surface area (Å²) in [5, 5.41) is 16.8. The number of hydrogen-bond acceptors (Lipinski definition) is 6. The molecule has 3 heterocycles. The first kappa shape index (κ1) is 21.5. The van der Waals surface area contributed by atoms with Crippen molar-refractivity contribution in [1.82, 2.24) is 20.2 Å². The summed E-state index contributed by atoms with van der Waals surface area (Å²) in [5.74, 6) is 2.48. The van der Waals surface area contributed by atoms with Crippen molar-refractivity contribution >= 4 is 5.82 Å². The maximum absolute atomic E-state index is 9.38. The van der Waals surface area contributed by atoms with Crippen LogP contribution in [0.5, 0.6) is 0 Å². The summed E-state index contributed by atoms with van der Waals surface area (Å²) in [6, 6.07) is 14.3. The predicted molar refractivity (Wildman–Crippen MR) is 121 cm³/mol. The standard InChI is InChI=1S/C24H31N5O2/c1-24(2,16-30)17-31-20-10-12-29(13-11-20)22-9-8-19(15-25-22)23-26-21(27-28-23)14-18-6-4-3-5-7-18/h3-9,15,20,30H,10-14,16-17H2,1-2H3,(H,26,27,28). The monoisotopic (exact) mass is 421 g/mol. The van der Waals surface area contributed by atoms with E-state index in [9.17, 15) is 5.11 Å². The summed E-state index contributed by atoms with van der Waals surface area (Å²) in [6.45, 7) is 6.60. The third-order valence-corrected chi connectivity index (χ3v) is 5.66. The highest BCUT2D eigenvalue weighted by Crippen LogP contribution is 2.24. The second-order valence-corrected chi connectivity index (χ2v) is 8.99. The number of benzene rings is 1. The van der Waals surface area contributed by atoms with Crippen LogP contribution in [0.15, 0.2) is 48.7 Å². The lowest BCUT2D eigenvalue weighted by Gasteiger charge is -2.34. The summed E-state index contributed by atoms with van der Waals surface area (Å²) >= 11 is 0. The van der Waals surface area contributed by atoms with Crippen LogP contribution >= 0.6 is 0 Å². The van der Waals surface area contributed by atoms with Gasteiger partial charge in [0.2, 0.25) is 0 Å². The first-order chi connectivity index (χ1) is 15.0. The van der Waals surface area contributed by atoms with E-state index in [0.717, 1.165) is 49.6 Å². The molecule has 2 N–H and O–H groups in total. The van der Waals surface area contributed by atoms with Crippen molar-refractivity contribution in [3.63, 3.8) is 0 Å². The summed E-state index contributed by atoms with van der Waals surface area (Å²) in [4.78, 5) is 11.6. The quantitative estimate of drug-likeness (QED) is 0.579. The largest absolute Gasteiger partial charge is 0.396 e. The summed E-state index contributed by atoms with van der Waals surface area (Å²) < 4.78 is 6.02. The van der Waals surface area contributed by atoms with Gasteiger partial charge in [0, 0.05) is 36.7 Å². The van der Waals surface area contributed by atoms with Gasteiger partial charge in [-0.2, -0.15) is 5.10 Å². The van der Waals surface area contributed by atoms with Gasteiger partial charge in [-0.15, -0.1) is 0 Å². The molecule has 1 aliphatic heterocycles. The van der Waals surface area contributed by atoms with Crippen LogP contribution < -0.4 is 4.90 Å². The molecule has 2 aromatic heterocycles. The molecule has 0 atom stereocenters. The second-order valence-electron chi connectivity index (χ2n) is 8.99. The van der Waals surface area contributed by atoms with E-state index in [1.54, 1.807) is 0 Å². The Bertz CT molecular complexity index is 948. The number of aliphatic hydroxyl groups is 1. The van der Waals surface area contributed by atoms with Crippen LogP contribution in [0.25, 0.3) is 11.4 Å². The summed E-state index contributed by atoms with van der Waals surface area (Å²) in [5.41, 5.74) is 1.92. The lowest BCUT2D eigenvalue weighted by molar-refractivity contribution is -0.0261. The summed E-state index contributed by atoms with van der Waals surface area (Å²) in [6.07, 6.45) is 4.75. The second kappa shape index (κ2) is 9.58. The van der Waals surface area contributed by atoms with Gasteiger partial charge in [0.15, 0.2) is 5.82 Å². The van der Waals surface area contributed by atoms with E-state index in [4.69, 9.17) is 4.74 Å². The Balaban J connectivity index is 1.31. The Morgan fingerprint density at radius 3 is 2.58 bits per heavy atom. The van der Waals surface area contributed by atoms with Crippen LogP contribution in [0.1, 0.15) is 38.1 Å². The Hall–Kier alpha value is -2.77. The molecule has 7 nitrogen and oxygen atoms in total. The number of aliphatic hydroxyl groups excluding tert-OH is 1. The van der Waals surface area contributed by atoms with Crippen molar-refractivity contribution in [2.24, 2.45) is 5.41 Å². The molecule has 0 amide bonds. The van der Waals surface area contributed by atoms with E-state index < -0.39 is 0 Å². The molecule has 0 bridgehead atoms. The Morgan fingerprint density at radius 2 is 1.90 bits per heavy atom. The number of pyridine rings is 1. The molecule has 7 heteroatoms. The number of anilines is 1. The number of nitrogens with one attached hydrogen (secondary N) is 1. The molecule has 1 fully saturated rings. The smallest absolute Gasteiger partial charge is 0.182 e. The average Bonchev–Trinajstić information content (AvgIpc) is 3.27. The van der Waals surface area contributed by atoms with E-state index in [1.165, 1.54) is 5.56 Å². The van der Waals surface area contributed by atoms with Crippen molar-refractivity contribution in [3.05, 3.63) is 60.0 Å². The molecule has 3 aromatic rings. The number of hydrogen-bond donors (Lipinski definition) is 2. The van der Waals surface area contributed by atoms with Gasteiger partial charge >= 0.3 is 0 Å². The minimum atomic E-state index is -0.185. The van der Waals surface area contributed by atoms with Gasteiger partial charge in [-0.25, -0.2) is 9.97 Å². The first-order valence-electron chi connectivity index (χ1n) is 10.9. The van der Waals surface area contributed by atoms with Crippen LogP contribution in [-0.2, 0) is 11.2 Å². The Kier molecular flexibility index (Phi) is 6.63. The Labute approximate surface area is 183 Å². The van der Waals surface area contributed by atoms with E-state index >= 15 is 0 Å². The molecule has 0 saturated carbocycles. The normalized spacial score (nSPS) is 15.4. The molecule has 0 unspecified atom stereocenters. The third-order valence-electron chi connectivity index (χ3n) is 5.66. The van der Waals surface area contributed by atoms with Gasteiger partial charge in [0.05, 0.1) is 19.3 Å².